The number of nitrogens with one attached hydrogen (secondary N) is 1. The highest BCUT2D eigenvalue weighted by Gasteiger charge is 2.23. The summed E-state index contributed by atoms with van der Waals surface area (Å²) < 4.78 is 6.87. The molecule has 0 saturated heterocycles. The number of aromatic nitrogens is 2. The second-order valence-electron chi connectivity index (χ2n) is 4.06. The van der Waals surface area contributed by atoms with E-state index >= 15 is 0 Å². The average Bonchev–Trinajstić information content (AvgIpc) is 2.58. The molecule has 0 bridgehead atoms. The Hall–Kier alpha value is -1.63. The average molecular weight is 256 g/mol. The fraction of sp³-hybridized carbons (Fsp3) is 0.727. The van der Waals surface area contributed by atoms with Crippen molar-refractivity contribution in [2.45, 2.75) is 26.7 Å². The highest BCUT2D eigenvalue weighted by molar-refractivity contribution is 5.59. The van der Waals surface area contributed by atoms with E-state index in [-0.39, 0.29) is 5.69 Å². The van der Waals surface area contributed by atoms with E-state index in [1.807, 2.05) is 0 Å². The highest BCUT2D eigenvalue weighted by Crippen LogP contribution is 2.26. The van der Waals surface area contributed by atoms with Crippen molar-refractivity contribution in [2.75, 3.05) is 25.1 Å². The smallest absolute Gasteiger partial charge is 0.333 e. The molecule has 0 aliphatic carbocycles. The number of ether oxygens (including phenoxy) is 1. The van der Waals surface area contributed by atoms with Crippen LogP contribution in [0.25, 0.3) is 0 Å². The summed E-state index contributed by atoms with van der Waals surface area (Å²) in [6.07, 6.45) is 2.13. The largest absolute Gasteiger partial charge is 0.380 e. The molecule has 0 amide bonds. The predicted octanol–water partition coefficient (Wildman–Crippen LogP) is 1.87. The van der Waals surface area contributed by atoms with Gasteiger partial charge in [-0.15, -0.1) is 0 Å². The number of hydrogen-bond acceptors (Lipinski definition) is 5. The second-order valence-corrected chi connectivity index (χ2v) is 4.06. The van der Waals surface area contributed by atoms with Crippen LogP contribution in [0.1, 0.15) is 25.5 Å². The Morgan fingerprint density at radius 1 is 1.50 bits per heavy atom. The molecule has 7 heteroatoms. The van der Waals surface area contributed by atoms with Gasteiger partial charge in [0, 0.05) is 20.2 Å². The van der Waals surface area contributed by atoms with E-state index in [1.165, 1.54) is 4.68 Å². The van der Waals surface area contributed by atoms with E-state index in [0.717, 1.165) is 19.4 Å². The first-order valence-electron chi connectivity index (χ1n) is 6.07. The SMILES string of the molecule is CCCCOCCNc1c([N+](=O)[O-])c(C)nn1C. The monoisotopic (exact) mass is 256 g/mol. The van der Waals surface area contributed by atoms with E-state index < -0.39 is 4.92 Å². The molecule has 102 valence electrons. The molecule has 0 unspecified atom stereocenters. The van der Waals surface area contributed by atoms with Gasteiger partial charge in [0.05, 0.1) is 11.5 Å². The third-order valence-corrected chi connectivity index (χ3v) is 2.55. The van der Waals surface area contributed by atoms with Crippen LogP contribution in [0.3, 0.4) is 0 Å². The summed E-state index contributed by atoms with van der Waals surface area (Å²) >= 11 is 0. The Morgan fingerprint density at radius 3 is 2.83 bits per heavy atom. The maximum atomic E-state index is 10.9. The minimum Gasteiger partial charge on any atom is -0.380 e. The van der Waals surface area contributed by atoms with Gasteiger partial charge in [0.1, 0.15) is 5.69 Å². The molecule has 0 fully saturated rings. The zero-order chi connectivity index (χ0) is 13.5. The van der Waals surface area contributed by atoms with Crippen LogP contribution in [0.15, 0.2) is 0 Å². The van der Waals surface area contributed by atoms with E-state index in [0.29, 0.717) is 24.7 Å². The van der Waals surface area contributed by atoms with E-state index in [1.54, 1.807) is 14.0 Å². The lowest BCUT2D eigenvalue weighted by Gasteiger charge is -2.06. The molecule has 0 saturated carbocycles. The molecule has 0 aromatic carbocycles. The van der Waals surface area contributed by atoms with Gasteiger partial charge in [-0.2, -0.15) is 5.10 Å². The van der Waals surface area contributed by atoms with Gasteiger partial charge in [0.15, 0.2) is 0 Å². The maximum absolute atomic E-state index is 10.9. The molecule has 1 rings (SSSR count). The molecule has 0 atom stereocenters. The Morgan fingerprint density at radius 2 is 2.22 bits per heavy atom. The third-order valence-electron chi connectivity index (χ3n) is 2.55. The second kappa shape index (κ2) is 6.95. The van der Waals surface area contributed by atoms with Crippen LogP contribution in [0.2, 0.25) is 0 Å². The molecule has 1 aromatic rings. The van der Waals surface area contributed by atoms with Gasteiger partial charge >= 0.3 is 5.69 Å². The molecule has 1 heterocycles. The van der Waals surface area contributed by atoms with Gasteiger partial charge in [-0.25, -0.2) is 4.68 Å². The lowest BCUT2D eigenvalue weighted by atomic mass is 10.4. The van der Waals surface area contributed by atoms with Gasteiger partial charge in [-0.05, 0) is 13.3 Å². The molecule has 0 radical (unpaired) electrons. The lowest BCUT2D eigenvalue weighted by molar-refractivity contribution is -0.384. The summed E-state index contributed by atoms with van der Waals surface area (Å²) in [5, 5.41) is 17.9. The number of hydrogen-bond donors (Lipinski definition) is 1. The molecule has 0 spiro atoms. The standard InChI is InChI=1S/C11H20N4O3/c1-4-5-7-18-8-6-12-11-10(15(16)17)9(2)13-14(11)3/h12H,4-8H2,1-3H3. The molecule has 0 aliphatic rings. The molecular formula is C11H20N4O3. The van der Waals surface area contributed by atoms with E-state index in [2.05, 4.69) is 17.3 Å². The minimum atomic E-state index is -0.414. The minimum absolute atomic E-state index is 0.0334. The first-order valence-corrected chi connectivity index (χ1v) is 6.07. The van der Waals surface area contributed by atoms with Crippen molar-refractivity contribution in [1.82, 2.24) is 9.78 Å². The van der Waals surface area contributed by atoms with Crippen molar-refractivity contribution in [3.8, 4) is 0 Å². The van der Waals surface area contributed by atoms with Crippen LogP contribution in [0.5, 0.6) is 0 Å². The molecule has 0 aliphatic heterocycles. The van der Waals surface area contributed by atoms with Gasteiger partial charge in [0.2, 0.25) is 5.82 Å². The molecule has 1 N–H and O–H groups in total. The molecule has 1 aromatic heterocycles. The van der Waals surface area contributed by atoms with Crippen LogP contribution in [-0.4, -0.2) is 34.5 Å². The van der Waals surface area contributed by atoms with Gasteiger partial charge in [0.25, 0.3) is 0 Å². The van der Waals surface area contributed by atoms with Crippen LogP contribution < -0.4 is 5.32 Å². The number of aryl methyl sites for hydroxylation is 2. The van der Waals surface area contributed by atoms with E-state index in [9.17, 15) is 10.1 Å². The van der Waals surface area contributed by atoms with Gasteiger partial charge < -0.3 is 10.1 Å². The molecule has 7 nitrogen and oxygen atoms in total. The summed E-state index contributed by atoms with van der Waals surface area (Å²) in [6.45, 7) is 5.51. The third kappa shape index (κ3) is 3.69. The van der Waals surface area contributed by atoms with Crippen molar-refractivity contribution in [2.24, 2.45) is 7.05 Å². The summed E-state index contributed by atoms with van der Waals surface area (Å²) in [5.74, 6) is 0.427. The Balaban J connectivity index is 2.49. The lowest BCUT2D eigenvalue weighted by Crippen LogP contribution is -2.13. The van der Waals surface area contributed by atoms with E-state index in [4.69, 9.17) is 4.74 Å². The Bertz CT molecular complexity index is 403. The highest BCUT2D eigenvalue weighted by atomic mass is 16.6. The first kappa shape index (κ1) is 14.4. The van der Waals surface area contributed by atoms with Crippen LogP contribution in [0.4, 0.5) is 11.5 Å². The topological polar surface area (TPSA) is 82.2 Å². The maximum Gasteiger partial charge on any atom is 0.333 e. The number of nitro groups is 1. The Labute approximate surface area is 106 Å². The summed E-state index contributed by atoms with van der Waals surface area (Å²) in [7, 11) is 1.68. The van der Waals surface area contributed by atoms with Crippen molar-refractivity contribution < 1.29 is 9.66 Å². The summed E-state index contributed by atoms with van der Waals surface area (Å²) in [4.78, 5) is 10.5. The molecular weight excluding hydrogens is 236 g/mol. The number of anilines is 1. The summed E-state index contributed by atoms with van der Waals surface area (Å²) in [6, 6.07) is 0. The molecule has 18 heavy (non-hydrogen) atoms. The van der Waals surface area contributed by atoms with Gasteiger partial charge in [-0.3, -0.25) is 10.1 Å². The van der Waals surface area contributed by atoms with Crippen LogP contribution in [-0.2, 0) is 11.8 Å². The zero-order valence-corrected chi connectivity index (χ0v) is 11.1. The number of rotatable bonds is 8. The van der Waals surface area contributed by atoms with Crippen molar-refractivity contribution in [1.29, 1.82) is 0 Å². The Kier molecular flexibility index (Phi) is 5.57. The van der Waals surface area contributed by atoms with Crippen molar-refractivity contribution in [3.63, 3.8) is 0 Å². The van der Waals surface area contributed by atoms with Crippen LogP contribution in [0, 0.1) is 17.0 Å². The number of unbranched alkanes of at least 4 members (excludes halogenated alkanes) is 1. The van der Waals surface area contributed by atoms with Crippen molar-refractivity contribution in [3.05, 3.63) is 15.8 Å². The fourth-order valence-electron chi connectivity index (χ4n) is 1.65. The quantitative estimate of drug-likeness (QED) is 0.436. The normalized spacial score (nSPS) is 10.6. The summed E-state index contributed by atoms with van der Waals surface area (Å²) in [5.41, 5.74) is 0.447. The van der Waals surface area contributed by atoms with Gasteiger partial charge in [-0.1, -0.05) is 13.3 Å². The number of nitrogens with zero attached hydrogens (tertiary/aromatic N) is 3. The van der Waals surface area contributed by atoms with Crippen LogP contribution >= 0.6 is 0 Å². The predicted molar refractivity (Wildman–Crippen MR) is 68.8 cm³/mol. The first-order chi connectivity index (χ1) is 8.57. The zero-order valence-electron chi connectivity index (χ0n) is 11.1. The van der Waals surface area contributed by atoms with Crippen molar-refractivity contribution >= 4 is 11.5 Å². The fourth-order valence-corrected chi connectivity index (χ4v) is 1.65.